The molecular weight excluding hydrogens is 352 g/mol. The van der Waals surface area contributed by atoms with Gasteiger partial charge in [-0.2, -0.15) is 0 Å². The van der Waals surface area contributed by atoms with Crippen LogP contribution in [0.4, 0.5) is 0 Å². The van der Waals surface area contributed by atoms with Crippen LogP contribution in [0, 0.1) is 13.8 Å². The number of primary amides is 1. The van der Waals surface area contributed by atoms with Gasteiger partial charge in [0, 0.05) is 17.7 Å². The molecule has 0 saturated carbocycles. The van der Waals surface area contributed by atoms with Crippen LogP contribution in [0.2, 0.25) is 0 Å². The maximum atomic E-state index is 12.4. The molecule has 3 rings (SSSR count). The van der Waals surface area contributed by atoms with Crippen molar-refractivity contribution in [1.82, 2.24) is 5.32 Å². The SMILES string of the molecule is Cc1ccc(CNC(=O)c2ccc(Oc3ccc(C(N)=O)cc3)cc2)c(C)c1. The summed E-state index contributed by atoms with van der Waals surface area (Å²) in [5.74, 6) is 0.551. The number of carbonyl (C=O) groups excluding carboxylic acids is 2. The summed E-state index contributed by atoms with van der Waals surface area (Å²) >= 11 is 0. The summed E-state index contributed by atoms with van der Waals surface area (Å²) in [7, 11) is 0. The molecule has 0 heterocycles. The number of benzene rings is 3. The molecule has 2 amide bonds. The fourth-order valence-corrected chi connectivity index (χ4v) is 2.82. The van der Waals surface area contributed by atoms with Gasteiger partial charge in [-0.15, -0.1) is 0 Å². The fourth-order valence-electron chi connectivity index (χ4n) is 2.82. The molecule has 0 saturated heterocycles. The molecular formula is C23H22N2O3. The zero-order valence-corrected chi connectivity index (χ0v) is 15.9. The first kappa shape index (κ1) is 19.2. The van der Waals surface area contributed by atoms with Crippen molar-refractivity contribution in [3.63, 3.8) is 0 Å². The Labute approximate surface area is 164 Å². The van der Waals surface area contributed by atoms with Gasteiger partial charge in [-0.3, -0.25) is 9.59 Å². The molecule has 3 aromatic rings. The Balaban J connectivity index is 1.60. The third-order valence-corrected chi connectivity index (χ3v) is 4.43. The number of nitrogens with one attached hydrogen (secondary N) is 1. The maximum Gasteiger partial charge on any atom is 0.251 e. The highest BCUT2D eigenvalue weighted by Gasteiger charge is 2.07. The van der Waals surface area contributed by atoms with Crippen LogP contribution in [0.3, 0.4) is 0 Å². The average Bonchev–Trinajstić information content (AvgIpc) is 2.68. The van der Waals surface area contributed by atoms with Crippen molar-refractivity contribution in [2.45, 2.75) is 20.4 Å². The normalized spacial score (nSPS) is 10.4. The van der Waals surface area contributed by atoms with Gasteiger partial charge in [0.1, 0.15) is 11.5 Å². The number of hydrogen-bond donors (Lipinski definition) is 2. The van der Waals surface area contributed by atoms with Crippen LogP contribution in [0.5, 0.6) is 11.5 Å². The summed E-state index contributed by atoms with van der Waals surface area (Å²) in [6.45, 7) is 4.57. The van der Waals surface area contributed by atoms with E-state index >= 15 is 0 Å². The molecule has 142 valence electrons. The highest BCUT2D eigenvalue weighted by Crippen LogP contribution is 2.22. The van der Waals surface area contributed by atoms with Gasteiger partial charge in [0.2, 0.25) is 5.91 Å². The van der Waals surface area contributed by atoms with E-state index in [4.69, 9.17) is 10.5 Å². The van der Waals surface area contributed by atoms with Gasteiger partial charge < -0.3 is 15.8 Å². The minimum absolute atomic E-state index is 0.141. The van der Waals surface area contributed by atoms with Crippen LogP contribution in [-0.4, -0.2) is 11.8 Å². The number of ether oxygens (including phenoxy) is 1. The Morgan fingerprint density at radius 2 is 1.43 bits per heavy atom. The minimum Gasteiger partial charge on any atom is -0.457 e. The summed E-state index contributed by atoms with van der Waals surface area (Å²) < 4.78 is 5.72. The standard InChI is InChI=1S/C23H22N2O3/c1-15-3-4-19(16(2)13-15)14-25-23(27)18-7-11-21(12-8-18)28-20-9-5-17(6-10-20)22(24)26/h3-13H,14H2,1-2H3,(H2,24,26)(H,25,27). The second kappa shape index (κ2) is 8.39. The van der Waals surface area contributed by atoms with Gasteiger partial charge in [-0.05, 0) is 73.5 Å². The fraction of sp³-hybridized carbons (Fsp3) is 0.130. The molecule has 3 N–H and O–H groups in total. The largest absolute Gasteiger partial charge is 0.457 e. The first-order valence-electron chi connectivity index (χ1n) is 8.94. The van der Waals surface area contributed by atoms with E-state index in [1.54, 1.807) is 48.5 Å². The lowest BCUT2D eigenvalue weighted by Gasteiger charge is -2.10. The topological polar surface area (TPSA) is 81.4 Å². The van der Waals surface area contributed by atoms with Crippen LogP contribution >= 0.6 is 0 Å². The lowest BCUT2D eigenvalue weighted by atomic mass is 10.1. The first-order chi connectivity index (χ1) is 13.4. The summed E-state index contributed by atoms with van der Waals surface area (Å²) in [5.41, 5.74) is 9.65. The summed E-state index contributed by atoms with van der Waals surface area (Å²) in [6, 6.07) is 19.6. The predicted octanol–water partition coefficient (Wildman–Crippen LogP) is 4.12. The van der Waals surface area contributed by atoms with Crippen molar-refractivity contribution in [3.8, 4) is 11.5 Å². The van der Waals surface area contributed by atoms with E-state index in [-0.39, 0.29) is 5.91 Å². The monoisotopic (exact) mass is 374 g/mol. The third-order valence-electron chi connectivity index (χ3n) is 4.43. The van der Waals surface area contributed by atoms with E-state index in [1.807, 2.05) is 26.0 Å². The highest BCUT2D eigenvalue weighted by atomic mass is 16.5. The Morgan fingerprint density at radius 1 is 0.857 bits per heavy atom. The zero-order valence-electron chi connectivity index (χ0n) is 15.9. The van der Waals surface area contributed by atoms with E-state index in [0.717, 1.165) is 11.1 Å². The van der Waals surface area contributed by atoms with E-state index in [9.17, 15) is 9.59 Å². The van der Waals surface area contributed by atoms with Gasteiger partial charge in [-0.25, -0.2) is 0 Å². The number of rotatable bonds is 6. The molecule has 5 nitrogen and oxygen atoms in total. The molecule has 0 atom stereocenters. The molecule has 0 unspecified atom stereocenters. The molecule has 0 aliphatic heterocycles. The Kier molecular flexibility index (Phi) is 5.75. The van der Waals surface area contributed by atoms with Crippen molar-refractivity contribution >= 4 is 11.8 Å². The molecule has 3 aromatic carbocycles. The first-order valence-corrected chi connectivity index (χ1v) is 8.94. The quantitative estimate of drug-likeness (QED) is 0.681. The molecule has 0 fully saturated rings. The lowest BCUT2D eigenvalue weighted by Crippen LogP contribution is -2.23. The van der Waals surface area contributed by atoms with Gasteiger partial charge in [0.05, 0.1) is 0 Å². The Morgan fingerprint density at radius 3 is 1.96 bits per heavy atom. The average molecular weight is 374 g/mol. The number of carbonyl (C=O) groups is 2. The molecule has 28 heavy (non-hydrogen) atoms. The van der Waals surface area contributed by atoms with E-state index in [2.05, 4.69) is 11.4 Å². The molecule has 5 heteroatoms. The molecule has 0 radical (unpaired) electrons. The smallest absolute Gasteiger partial charge is 0.251 e. The molecule has 0 aromatic heterocycles. The third kappa shape index (κ3) is 4.76. The van der Waals surface area contributed by atoms with Crippen molar-refractivity contribution in [1.29, 1.82) is 0 Å². The lowest BCUT2D eigenvalue weighted by molar-refractivity contribution is 0.0949. The number of nitrogens with two attached hydrogens (primary N) is 1. The second-order valence-electron chi connectivity index (χ2n) is 6.63. The molecule has 0 spiro atoms. The van der Waals surface area contributed by atoms with Crippen molar-refractivity contribution in [3.05, 3.63) is 94.5 Å². The Bertz CT molecular complexity index is 993. The van der Waals surface area contributed by atoms with Gasteiger partial charge >= 0.3 is 0 Å². The number of amides is 2. The van der Waals surface area contributed by atoms with Crippen LogP contribution in [0.25, 0.3) is 0 Å². The van der Waals surface area contributed by atoms with Crippen LogP contribution in [0.15, 0.2) is 66.7 Å². The van der Waals surface area contributed by atoms with Crippen LogP contribution < -0.4 is 15.8 Å². The Hall–Kier alpha value is -3.60. The predicted molar refractivity (Wildman–Crippen MR) is 109 cm³/mol. The van der Waals surface area contributed by atoms with Gasteiger partial charge in [0.25, 0.3) is 5.91 Å². The van der Waals surface area contributed by atoms with Crippen molar-refractivity contribution in [2.75, 3.05) is 0 Å². The van der Waals surface area contributed by atoms with E-state index < -0.39 is 5.91 Å². The van der Waals surface area contributed by atoms with Crippen molar-refractivity contribution in [2.24, 2.45) is 5.73 Å². The van der Waals surface area contributed by atoms with Gasteiger partial charge in [-0.1, -0.05) is 23.8 Å². The summed E-state index contributed by atoms with van der Waals surface area (Å²) in [5, 5.41) is 2.94. The zero-order chi connectivity index (χ0) is 20.1. The highest BCUT2D eigenvalue weighted by molar-refractivity contribution is 5.94. The van der Waals surface area contributed by atoms with Gasteiger partial charge in [0.15, 0.2) is 0 Å². The van der Waals surface area contributed by atoms with E-state index in [0.29, 0.717) is 29.2 Å². The molecule has 0 aliphatic carbocycles. The number of hydrogen-bond acceptors (Lipinski definition) is 3. The molecule has 0 bridgehead atoms. The minimum atomic E-state index is -0.484. The molecule has 0 aliphatic rings. The summed E-state index contributed by atoms with van der Waals surface area (Å²) in [4.78, 5) is 23.5. The maximum absolute atomic E-state index is 12.4. The van der Waals surface area contributed by atoms with Crippen molar-refractivity contribution < 1.29 is 14.3 Å². The van der Waals surface area contributed by atoms with Crippen LogP contribution in [-0.2, 0) is 6.54 Å². The van der Waals surface area contributed by atoms with Crippen LogP contribution in [0.1, 0.15) is 37.4 Å². The second-order valence-corrected chi connectivity index (χ2v) is 6.63. The summed E-state index contributed by atoms with van der Waals surface area (Å²) in [6.07, 6.45) is 0. The van der Waals surface area contributed by atoms with E-state index in [1.165, 1.54) is 5.56 Å². The number of aryl methyl sites for hydroxylation is 2.